The number of carbonyl (C=O) groups is 1. The fourth-order valence-electron chi connectivity index (χ4n) is 3.66. The quantitative estimate of drug-likeness (QED) is 0.673. The van der Waals surface area contributed by atoms with Crippen LogP contribution < -0.4 is 9.47 Å². The van der Waals surface area contributed by atoms with Gasteiger partial charge in [-0.1, -0.05) is 41.1 Å². The lowest BCUT2D eigenvalue weighted by atomic mass is 9.77. The Hall–Kier alpha value is -2.21. The van der Waals surface area contributed by atoms with Crippen LogP contribution in [-0.2, 0) is 10.3 Å². The Labute approximate surface area is 162 Å². The molecule has 1 atom stereocenters. The van der Waals surface area contributed by atoms with E-state index in [-0.39, 0.29) is 6.09 Å². The summed E-state index contributed by atoms with van der Waals surface area (Å²) in [4.78, 5) is 14.4. The molecule has 0 spiro atoms. The SMILES string of the molecule is CCOC(=O)N(C)C1(CC)c2ccccc2Oc2c(OC)ccc(Br)c21. The molecule has 5 nitrogen and oxygen atoms in total. The summed E-state index contributed by atoms with van der Waals surface area (Å²) < 4.78 is 17.9. The highest BCUT2D eigenvalue weighted by Gasteiger charge is 2.48. The minimum Gasteiger partial charge on any atom is -0.493 e. The molecule has 0 aromatic heterocycles. The molecular weight excluding hydrogens is 398 g/mol. The number of hydrogen-bond acceptors (Lipinski definition) is 4. The van der Waals surface area contributed by atoms with Crippen LogP contribution in [0.4, 0.5) is 4.79 Å². The van der Waals surface area contributed by atoms with E-state index in [1.807, 2.05) is 43.3 Å². The van der Waals surface area contributed by atoms with Crippen molar-refractivity contribution in [2.45, 2.75) is 25.8 Å². The Morgan fingerprint density at radius 3 is 2.62 bits per heavy atom. The van der Waals surface area contributed by atoms with E-state index in [1.54, 1.807) is 26.0 Å². The van der Waals surface area contributed by atoms with Crippen LogP contribution in [0.5, 0.6) is 17.2 Å². The van der Waals surface area contributed by atoms with Gasteiger partial charge in [0.1, 0.15) is 11.3 Å². The van der Waals surface area contributed by atoms with Crippen LogP contribution in [0, 0.1) is 0 Å². The standard InChI is InChI=1S/C20H22BrNO4/c1-5-20(22(3)19(23)25-6-2)13-9-7-8-10-15(13)26-18-16(24-4)12-11-14(21)17(18)20/h7-12H,5-6H2,1-4H3. The number of benzene rings is 2. The third kappa shape index (κ3) is 2.63. The summed E-state index contributed by atoms with van der Waals surface area (Å²) in [6.07, 6.45) is 0.258. The number of methoxy groups -OCH3 is 1. The van der Waals surface area contributed by atoms with Crippen molar-refractivity contribution in [3.63, 3.8) is 0 Å². The van der Waals surface area contributed by atoms with E-state index in [2.05, 4.69) is 15.9 Å². The molecule has 1 amide bonds. The molecule has 1 aliphatic rings. The molecular formula is C20H22BrNO4. The summed E-state index contributed by atoms with van der Waals surface area (Å²) in [6, 6.07) is 11.5. The van der Waals surface area contributed by atoms with Crippen LogP contribution in [0.25, 0.3) is 0 Å². The zero-order valence-electron chi connectivity index (χ0n) is 15.3. The minimum absolute atomic E-state index is 0.313. The van der Waals surface area contributed by atoms with Crippen molar-refractivity contribution in [1.82, 2.24) is 4.90 Å². The molecule has 0 bridgehead atoms. The molecule has 0 N–H and O–H groups in total. The summed E-state index contributed by atoms with van der Waals surface area (Å²) in [7, 11) is 3.37. The van der Waals surface area contributed by atoms with Gasteiger partial charge in [0, 0.05) is 22.6 Å². The minimum atomic E-state index is -0.746. The highest BCUT2D eigenvalue weighted by atomic mass is 79.9. The molecule has 2 aromatic rings. The average Bonchev–Trinajstić information content (AvgIpc) is 2.66. The van der Waals surface area contributed by atoms with Crippen LogP contribution >= 0.6 is 15.9 Å². The van der Waals surface area contributed by atoms with Gasteiger partial charge in [-0.15, -0.1) is 0 Å². The first-order valence-corrected chi connectivity index (χ1v) is 9.35. The van der Waals surface area contributed by atoms with Gasteiger partial charge in [0.05, 0.1) is 13.7 Å². The normalized spacial score (nSPS) is 17.6. The molecule has 0 saturated heterocycles. The maximum Gasteiger partial charge on any atom is 0.410 e. The summed E-state index contributed by atoms with van der Waals surface area (Å²) in [5, 5.41) is 0. The van der Waals surface area contributed by atoms with Gasteiger partial charge in [0.25, 0.3) is 0 Å². The van der Waals surface area contributed by atoms with Gasteiger partial charge in [0.2, 0.25) is 0 Å². The molecule has 2 aromatic carbocycles. The average molecular weight is 420 g/mol. The second-order valence-corrected chi connectivity index (χ2v) is 6.88. The smallest absolute Gasteiger partial charge is 0.410 e. The number of para-hydroxylation sites is 1. The fourth-order valence-corrected chi connectivity index (χ4v) is 4.30. The molecule has 0 radical (unpaired) electrons. The van der Waals surface area contributed by atoms with Gasteiger partial charge < -0.3 is 14.2 Å². The van der Waals surface area contributed by atoms with Crippen molar-refractivity contribution in [2.24, 2.45) is 0 Å². The number of halogens is 1. The Balaban J connectivity index is 2.35. The molecule has 0 saturated carbocycles. The zero-order valence-corrected chi connectivity index (χ0v) is 16.9. The van der Waals surface area contributed by atoms with E-state index in [4.69, 9.17) is 14.2 Å². The lowest BCUT2D eigenvalue weighted by molar-refractivity contribution is 0.0739. The van der Waals surface area contributed by atoms with E-state index in [1.165, 1.54) is 0 Å². The van der Waals surface area contributed by atoms with Crippen molar-refractivity contribution in [3.05, 3.63) is 52.0 Å². The largest absolute Gasteiger partial charge is 0.493 e. The van der Waals surface area contributed by atoms with Gasteiger partial charge in [0.15, 0.2) is 11.5 Å². The number of hydrogen-bond donors (Lipinski definition) is 0. The monoisotopic (exact) mass is 419 g/mol. The maximum absolute atomic E-state index is 12.7. The molecule has 1 aliphatic heterocycles. The number of amides is 1. The van der Waals surface area contributed by atoms with Crippen LogP contribution in [0.3, 0.4) is 0 Å². The molecule has 1 unspecified atom stereocenters. The van der Waals surface area contributed by atoms with Gasteiger partial charge in [-0.05, 0) is 31.5 Å². The van der Waals surface area contributed by atoms with E-state index >= 15 is 0 Å². The zero-order chi connectivity index (χ0) is 18.9. The number of ether oxygens (including phenoxy) is 3. The Bertz CT molecular complexity index is 839. The number of fused-ring (bicyclic) bond motifs is 2. The van der Waals surface area contributed by atoms with E-state index in [9.17, 15) is 4.79 Å². The predicted molar refractivity (Wildman–Crippen MR) is 103 cm³/mol. The maximum atomic E-state index is 12.7. The van der Waals surface area contributed by atoms with Crippen LogP contribution in [-0.4, -0.2) is 31.8 Å². The van der Waals surface area contributed by atoms with Crippen molar-refractivity contribution < 1.29 is 19.0 Å². The molecule has 138 valence electrons. The first-order valence-electron chi connectivity index (χ1n) is 8.56. The Kier molecular flexibility index (Phi) is 5.14. The third-order valence-electron chi connectivity index (χ3n) is 4.87. The second kappa shape index (κ2) is 7.19. The van der Waals surface area contributed by atoms with Gasteiger partial charge in [-0.25, -0.2) is 4.79 Å². The predicted octanol–water partition coefficient (Wildman–Crippen LogP) is 5.31. The highest BCUT2D eigenvalue weighted by Crippen LogP contribution is 2.56. The number of nitrogens with zero attached hydrogens (tertiary/aromatic N) is 1. The van der Waals surface area contributed by atoms with E-state index in [0.29, 0.717) is 30.3 Å². The second-order valence-electron chi connectivity index (χ2n) is 6.02. The molecule has 0 fully saturated rings. The topological polar surface area (TPSA) is 48.0 Å². The Morgan fingerprint density at radius 1 is 1.23 bits per heavy atom. The first-order chi connectivity index (χ1) is 12.5. The fraction of sp³-hybridized carbons (Fsp3) is 0.350. The van der Waals surface area contributed by atoms with Crippen molar-refractivity contribution in [2.75, 3.05) is 20.8 Å². The van der Waals surface area contributed by atoms with Gasteiger partial charge in [-0.3, -0.25) is 4.90 Å². The van der Waals surface area contributed by atoms with E-state index < -0.39 is 5.54 Å². The summed E-state index contributed by atoms with van der Waals surface area (Å²) in [5.74, 6) is 1.93. The first kappa shape index (κ1) is 18.6. The third-order valence-corrected chi connectivity index (χ3v) is 5.54. The summed E-state index contributed by atoms with van der Waals surface area (Å²) >= 11 is 3.66. The van der Waals surface area contributed by atoms with Crippen molar-refractivity contribution in [1.29, 1.82) is 0 Å². The van der Waals surface area contributed by atoms with Crippen LogP contribution in [0.15, 0.2) is 40.9 Å². The van der Waals surface area contributed by atoms with Crippen LogP contribution in [0.2, 0.25) is 0 Å². The number of rotatable bonds is 4. The molecule has 26 heavy (non-hydrogen) atoms. The molecule has 1 heterocycles. The lowest BCUT2D eigenvalue weighted by Crippen LogP contribution is -2.49. The highest BCUT2D eigenvalue weighted by molar-refractivity contribution is 9.10. The van der Waals surface area contributed by atoms with E-state index in [0.717, 1.165) is 15.6 Å². The summed E-state index contributed by atoms with van der Waals surface area (Å²) in [5.41, 5.74) is 1.03. The Morgan fingerprint density at radius 2 is 1.96 bits per heavy atom. The molecule has 3 rings (SSSR count). The van der Waals surface area contributed by atoms with Gasteiger partial charge >= 0.3 is 6.09 Å². The van der Waals surface area contributed by atoms with Crippen molar-refractivity contribution in [3.8, 4) is 17.2 Å². The lowest BCUT2D eigenvalue weighted by Gasteiger charge is -2.45. The summed E-state index contributed by atoms with van der Waals surface area (Å²) in [6.45, 7) is 4.16. The molecule has 6 heteroatoms. The molecule has 0 aliphatic carbocycles. The number of carbonyl (C=O) groups excluding carboxylic acids is 1. The van der Waals surface area contributed by atoms with Gasteiger partial charge in [-0.2, -0.15) is 0 Å². The van der Waals surface area contributed by atoms with Crippen LogP contribution in [0.1, 0.15) is 31.4 Å². The van der Waals surface area contributed by atoms with Crippen molar-refractivity contribution >= 4 is 22.0 Å².